The van der Waals surface area contributed by atoms with Gasteiger partial charge in [-0.15, -0.1) is 0 Å². The highest BCUT2D eigenvalue weighted by atomic mass is 16.5. The van der Waals surface area contributed by atoms with E-state index in [0.29, 0.717) is 19.8 Å². The summed E-state index contributed by atoms with van der Waals surface area (Å²) in [7, 11) is 0. The lowest BCUT2D eigenvalue weighted by molar-refractivity contribution is -0.138. The lowest BCUT2D eigenvalue weighted by Gasteiger charge is -2.35. The molecule has 1 spiro atoms. The molecule has 1 saturated heterocycles. The summed E-state index contributed by atoms with van der Waals surface area (Å²) in [6.45, 7) is 11.6. The van der Waals surface area contributed by atoms with Crippen LogP contribution in [0.2, 0.25) is 0 Å². The summed E-state index contributed by atoms with van der Waals surface area (Å²) in [6, 6.07) is 0. The highest BCUT2D eigenvalue weighted by Gasteiger charge is 2.48. The average Bonchev–Trinajstić information content (AvgIpc) is 3.32. The third-order valence-corrected chi connectivity index (χ3v) is 5.87. The fraction of sp³-hybridized carbons (Fsp3) is 0.750. The Kier molecular flexibility index (Phi) is 4.21. The molecule has 1 saturated carbocycles. The van der Waals surface area contributed by atoms with Crippen molar-refractivity contribution >= 4 is 11.9 Å². The SMILES string of the molecule is Cc1nc(NCC2CC2)nc2c1COCC21CCN(C(=O)C(C)(C)C)C1. The van der Waals surface area contributed by atoms with Gasteiger partial charge in [0.1, 0.15) is 0 Å². The molecule has 0 aromatic carbocycles. The van der Waals surface area contributed by atoms with Gasteiger partial charge in [0.15, 0.2) is 0 Å². The van der Waals surface area contributed by atoms with Crippen molar-refractivity contribution < 1.29 is 9.53 Å². The van der Waals surface area contributed by atoms with Crippen molar-refractivity contribution in [2.75, 3.05) is 31.6 Å². The van der Waals surface area contributed by atoms with E-state index in [1.54, 1.807) is 0 Å². The molecule has 2 fully saturated rings. The Morgan fingerprint density at radius 3 is 2.81 bits per heavy atom. The van der Waals surface area contributed by atoms with E-state index >= 15 is 0 Å². The number of nitrogens with zero attached hydrogens (tertiary/aromatic N) is 3. The molecule has 3 heterocycles. The van der Waals surface area contributed by atoms with E-state index in [0.717, 1.165) is 48.3 Å². The van der Waals surface area contributed by atoms with Crippen LogP contribution >= 0.6 is 0 Å². The largest absolute Gasteiger partial charge is 0.376 e. The minimum Gasteiger partial charge on any atom is -0.376 e. The minimum atomic E-state index is -0.359. The number of amides is 1. The van der Waals surface area contributed by atoms with Crippen LogP contribution in [-0.2, 0) is 21.6 Å². The Hall–Kier alpha value is -1.69. The molecule has 1 aliphatic carbocycles. The van der Waals surface area contributed by atoms with Crippen LogP contribution in [0, 0.1) is 18.3 Å². The van der Waals surface area contributed by atoms with Crippen LogP contribution in [0.15, 0.2) is 0 Å². The third-order valence-electron chi connectivity index (χ3n) is 5.87. The monoisotopic (exact) mass is 358 g/mol. The first-order valence-corrected chi connectivity index (χ1v) is 9.77. The maximum Gasteiger partial charge on any atom is 0.227 e. The Morgan fingerprint density at radius 2 is 2.12 bits per heavy atom. The zero-order valence-corrected chi connectivity index (χ0v) is 16.4. The van der Waals surface area contributed by atoms with Gasteiger partial charge in [0.05, 0.1) is 24.3 Å². The number of aryl methyl sites for hydroxylation is 1. The maximum atomic E-state index is 12.8. The summed E-state index contributed by atoms with van der Waals surface area (Å²) in [6.07, 6.45) is 3.51. The molecule has 0 radical (unpaired) electrons. The highest BCUT2D eigenvalue weighted by molar-refractivity contribution is 5.82. The molecule has 26 heavy (non-hydrogen) atoms. The number of aromatic nitrogens is 2. The van der Waals surface area contributed by atoms with Gasteiger partial charge in [-0.2, -0.15) is 0 Å². The molecule has 1 atom stereocenters. The topological polar surface area (TPSA) is 67.4 Å². The molecule has 3 aliphatic rings. The molecule has 4 rings (SSSR count). The molecule has 6 heteroatoms. The summed E-state index contributed by atoms with van der Waals surface area (Å²) < 4.78 is 5.94. The van der Waals surface area contributed by atoms with Crippen LogP contribution in [0.1, 0.15) is 57.0 Å². The van der Waals surface area contributed by atoms with Crippen LogP contribution in [0.5, 0.6) is 0 Å². The zero-order chi connectivity index (χ0) is 18.5. The van der Waals surface area contributed by atoms with Crippen molar-refractivity contribution in [3.8, 4) is 0 Å². The molecule has 1 aromatic heterocycles. The van der Waals surface area contributed by atoms with E-state index in [9.17, 15) is 4.79 Å². The smallest absolute Gasteiger partial charge is 0.227 e. The van der Waals surface area contributed by atoms with E-state index in [1.165, 1.54) is 12.8 Å². The normalized spacial score (nSPS) is 25.5. The molecule has 0 bridgehead atoms. The van der Waals surface area contributed by atoms with Gasteiger partial charge in [-0.3, -0.25) is 4.79 Å². The van der Waals surface area contributed by atoms with E-state index < -0.39 is 0 Å². The predicted octanol–water partition coefficient (Wildman–Crippen LogP) is 2.65. The van der Waals surface area contributed by atoms with Gasteiger partial charge in [0.25, 0.3) is 0 Å². The lowest BCUT2D eigenvalue weighted by atomic mass is 9.80. The second-order valence-electron chi connectivity index (χ2n) is 9.28. The van der Waals surface area contributed by atoms with Gasteiger partial charge in [0.2, 0.25) is 11.9 Å². The molecule has 1 aromatic rings. The summed E-state index contributed by atoms with van der Waals surface area (Å²) in [5.41, 5.74) is 2.64. The number of fused-ring (bicyclic) bond motifs is 2. The first kappa shape index (κ1) is 17.7. The molecular formula is C20H30N4O2. The molecule has 1 amide bonds. The van der Waals surface area contributed by atoms with Gasteiger partial charge in [-0.25, -0.2) is 9.97 Å². The molecular weight excluding hydrogens is 328 g/mol. The first-order valence-electron chi connectivity index (χ1n) is 9.77. The standard InChI is InChI=1S/C20H30N4O2/c1-13-15-10-26-12-20(7-8-24(11-20)17(25)19(2,3)4)16(15)23-18(22-13)21-9-14-5-6-14/h14H,5-12H2,1-4H3,(H,21,22,23). The van der Waals surface area contributed by atoms with Crippen molar-refractivity contribution in [3.05, 3.63) is 17.0 Å². The average molecular weight is 358 g/mol. The highest BCUT2D eigenvalue weighted by Crippen LogP contribution is 2.41. The number of anilines is 1. The minimum absolute atomic E-state index is 0.196. The van der Waals surface area contributed by atoms with Crippen LogP contribution in [-0.4, -0.2) is 47.0 Å². The maximum absolute atomic E-state index is 12.8. The van der Waals surface area contributed by atoms with E-state index in [2.05, 4.69) is 10.3 Å². The number of hydrogen-bond acceptors (Lipinski definition) is 5. The summed E-state index contributed by atoms with van der Waals surface area (Å²) in [5, 5.41) is 3.42. The quantitative estimate of drug-likeness (QED) is 0.900. The fourth-order valence-corrected chi connectivity index (χ4v) is 4.09. The number of carbonyl (C=O) groups is 1. The summed E-state index contributed by atoms with van der Waals surface area (Å²) >= 11 is 0. The number of ether oxygens (including phenoxy) is 1. The predicted molar refractivity (Wildman–Crippen MR) is 100.0 cm³/mol. The Labute approximate surface area is 155 Å². The van der Waals surface area contributed by atoms with E-state index in [1.807, 2.05) is 32.6 Å². The second-order valence-corrected chi connectivity index (χ2v) is 9.28. The lowest BCUT2D eigenvalue weighted by Crippen LogP contribution is -2.44. The van der Waals surface area contributed by atoms with Crippen LogP contribution in [0.25, 0.3) is 0 Å². The summed E-state index contributed by atoms with van der Waals surface area (Å²) in [4.78, 5) is 24.3. The van der Waals surface area contributed by atoms with Crippen molar-refractivity contribution in [3.63, 3.8) is 0 Å². The molecule has 2 aliphatic heterocycles. The van der Waals surface area contributed by atoms with Gasteiger partial charge < -0.3 is 15.0 Å². The summed E-state index contributed by atoms with van der Waals surface area (Å²) in [5.74, 6) is 1.72. The first-order chi connectivity index (χ1) is 12.3. The molecule has 1 N–H and O–H groups in total. The van der Waals surface area contributed by atoms with Gasteiger partial charge >= 0.3 is 0 Å². The Morgan fingerprint density at radius 1 is 1.35 bits per heavy atom. The van der Waals surface area contributed by atoms with Gasteiger partial charge in [-0.1, -0.05) is 20.8 Å². The molecule has 6 nitrogen and oxygen atoms in total. The van der Waals surface area contributed by atoms with Gasteiger partial charge in [0, 0.05) is 36.3 Å². The van der Waals surface area contributed by atoms with Crippen molar-refractivity contribution in [1.82, 2.24) is 14.9 Å². The van der Waals surface area contributed by atoms with E-state index in [-0.39, 0.29) is 16.7 Å². The number of rotatable bonds is 3. The Balaban J connectivity index is 1.62. The van der Waals surface area contributed by atoms with Crippen LogP contribution in [0.4, 0.5) is 5.95 Å². The number of likely N-dealkylation sites (tertiary alicyclic amines) is 1. The van der Waals surface area contributed by atoms with Gasteiger partial charge in [-0.05, 0) is 32.1 Å². The van der Waals surface area contributed by atoms with Crippen molar-refractivity contribution in [1.29, 1.82) is 0 Å². The third kappa shape index (κ3) is 3.20. The molecule has 1 unspecified atom stereocenters. The Bertz CT molecular complexity index is 723. The molecule has 142 valence electrons. The fourth-order valence-electron chi connectivity index (χ4n) is 4.09. The van der Waals surface area contributed by atoms with Crippen molar-refractivity contribution in [2.24, 2.45) is 11.3 Å². The van der Waals surface area contributed by atoms with Crippen molar-refractivity contribution in [2.45, 2.75) is 59.0 Å². The zero-order valence-electron chi connectivity index (χ0n) is 16.4. The number of carbonyl (C=O) groups excluding carboxylic acids is 1. The number of hydrogen-bond donors (Lipinski definition) is 1. The second kappa shape index (κ2) is 6.19. The van der Waals surface area contributed by atoms with Crippen LogP contribution < -0.4 is 5.32 Å². The van der Waals surface area contributed by atoms with E-state index in [4.69, 9.17) is 9.72 Å². The number of nitrogens with one attached hydrogen (secondary N) is 1. The van der Waals surface area contributed by atoms with Crippen LogP contribution in [0.3, 0.4) is 0 Å².